The number of benzene rings is 1. The Morgan fingerprint density at radius 1 is 1.25 bits per heavy atom. The highest BCUT2D eigenvalue weighted by atomic mass is 16.5. The monoisotopic (exact) mass is 441 g/mol. The van der Waals surface area contributed by atoms with Crippen LogP contribution in [-0.2, 0) is 16.0 Å². The number of hydrogen-bond donors (Lipinski definition) is 2. The Balaban J connectivity index is 1.39. The zero-order valence-corrected chi connectivity index (χ0v) is 19.1. The zero-order valence-electron chi connectivity index (χ0n) is 19.1. The maximum Gasteiger partial charge on any atom is 0.242 e. The van der Waals surface area contributed by atoms with Crippen LogP contribution < -0.4 is 5.32 Å². The van der Waals surface area contributed by atoms with Crippen molar-refractivity contribution in [1.29, 1.82) is 0 Å². The lowest BCUT2D eigenvalue weighted by Gasteiger charge is -2.23. The van der Waals surface area contributed by atoms with Crippen LogP contribution in [0.15, 0.2) is 40.9 Å². The normalized spacial score (nSPS) is 19.2. The van der Waals surface area contributed by atoms with Crippen molar-refractivity contribution < 1.29 is 19.2 Å². The Morgan fingerprint density at radius 3 is 2.72 bits per heavy atom. The van der Waals surface area contributed by atoms with E-state index < -0.39 is 12.1 Å². The van der Waals surface area contributed by atoms with Crippen molar-refractivity contribution >= 4 is 11.8 Å². The minimum Gasteiger partial charge on any atom is -0.391 e. The van der Waals surface area contributed by atoms with Crippen LogP contribution in [0.3, 0.4) is 0 Å². The topological polar surface area (TPSA) is 95.7 Å². The number of aromatic nitrogens is 1. The van der Waals surface area contributed by atoms with E-state index in [0.717, 1.165) is 32.1 Å². The Morgan fingerprint density at radius 2 is 2.03 bits per heavy atom. The molecule has 1 aromatic heterocycles. The second-order valence-corrected chi connectivity index (χ2v) is 8.72. The van der Waals surface area contributed by atoms with Gasteiger partial charge in [0.15, 0.2) is 0 Å². The summed E-state index contributed by atoms with van der Waals surface area (Å²) in [5.74, 6) is 0.621. The smallest absolute Gasteiger partial charge is 0.242 e. The summed E-state index contributed by atoms with van der Waals surface area (Å²) < 4.78 is 5.11. The number of hydrogen-bond acceptors (Lipinski definition) is 5. The molecule has 0 spiro atoms. The highest BCUT2D eigenvalue weighted by Gasteiger charge is 2.38. The summed E-state index contributed by atoms with van der Waals surface area (Å²) in [6.07, 6.45) is 4.96. The molecule has 0 aliphatic carbocycles. The van der Waals surface area contributed by atoms with Crippen LogP contribution in [0.5, 0.6) is 0 Å². The molecule has 0 radical (unpaired) electrons. The summed E-state index contributed by atoms with van der Waals surface area (Å²) in [5.41, 5.74) is 2.10. The summed E-state index contributed by atoms with van der Waals surface area (Å²) >= 11 is 0. The van der Waals surface area contributed by atoms with Gasteiger partial charge in [0.05, 0.1) is 18.2 Å². The van der Waals surface area contributed by atoms with E-state index in [-0.39, 0.29) is 31.2 Å². The van der Waals surface area contributed by atoms with Gasteiger partial charge in [-0.3, -0.25) is 9.59 Å². The number of aliphatic hydroxyl groups is 1. The number of rotatable bonds is 11. The van der Waals surface area contributed by atoms with Crippen molar-refractivity contribution in [2.45, 2.75) is 76.9 Å². The predicted octanol–water partition coefficient (Wildman–Crippen LogP) is 3.36. The van der Waals surface area contributed by atoms with Crippen LogP contribution >= 0.6 is 0 Å². The van der Waals surface area contributed by atoms with E-state index in [1.165, 1.54) is 10.5 Å². The van der Waals surface area contributed by atoms with Gasteiger partial charge in [0, 0.05) is 25.6 Å². The number of aryl methyl sites for hydroxylation is 1. The fraction of sp³-hybridized carbons (Fsp3) is 0.560. The number of amides is 2. The second kappa shape index (κ2) is 11.8. The van der Waals surface area contributed by atoms with E-state index >= 15 is 0 Å². The molecular formula is C25H35N3O4. The minimum absolute atomic E-state index is 0.0390. The first kappa shape index (κ1) is 24.0. The van der Waals surface area contributed by atoms with Gasteiger partial charge in [-0.15, -0.1) is 0 Å². The molecule has 1 fully saturated rings. The lowest BCUT2D eigenvalue weighted by atomic mass is 9.91. The Bertz CT molecular complexity index is 867. The Kier molecular flexibility index (Phi) is 8.85. The van der Waals surface area contributed by atoms with Crippen molar-refractivity contribution in [3.8, 4) is 0 Å². The molecule has 7 nitrogen and oxygen atoms in total. The summed E-state index contributed by atoms with van der Waals surface area (Å²) in [6, 6.07) is 11.7. The van der Waals surface area contributed by atoms with Crippen molar-refractivity contribution in [3.05, 3.63) is 53.4 Å². The maximum absolute atomic E-state index is 12.7. The fourth-order valence-corrected chi connectivity index (χ4v) is 4.44. The minimum atomic E-state index is -0.685. The summed E-state index contributed by atoms with van der Waals surface area (Å²) in [4.78, 5) is 26.8. The van der Waals surface area contributed by atoms with Gasteiger partial charge in [0.25, 0.3) is 0 Å². The predicted molar refractivity (Wildman–Crippen MR) is 122 cm³/mol. The zero-order chi connectivity index (χ0) is 22.9. The standard InChI is InChI=1S/C25H35N3O4/c1-3-19(20-11-6-4-7-12-20)10-8-5-9-13-26-25(31)23-15-21(29)17-28(23)24(30)16-22-14-18(2)27-32-22/h4,6-7,11-12,14,19,21,23,29H,3,5,8-10,13,15-17H2,1-2H3,(H,26,31)/t19?,21-,23+/m1/s1. The molecule has 1 unspecified atom stereocenters. The first-order valence-corrected chi connectivity index (χ1v) is 11.7. The van der Waals surface area contributed by atoms with E-state index in [1.807, 2.05) is 6.07 Å². The molecule has 3 rings (SSSR count). The molecule has 7 heteroatoms. The molecule has 2 amide bonds. The quantitative estimate of drug-likeness (QED) is 0.522. The Labute approximate surface area is 190 Å². The third-order valence-electron chi connectivity index (χ3n) is 6.20. The number of likely N-dealkylation sites (tertiary alicyclic amines) is 1. The van der Waals surface area contributed by atoms with Crippen molar-refractivity contribution in [2.24, 2.45) is 0 Å². The molecule has 2 heterocycles. The van der Waals surface area contributed by atoms with E-state index in [2.05, 4.69) is 41.7 Å². The van der Waals surface area contributed by atoms with Crippen molar-refractivity contribution in [1.82, 2.24) is 15.4 Å². The fourth-order valence-electron chi connectivity index (χ4n) is 4.44. The molecule has 1 aliphatic rings. The lowest BCUT2D eigenvalue weighted by Crippen LogP contribution is -2.46. The third kappa shape index (κ3) is 6.66. The number of carbonyl (C=O) groups excluding carboxylic acids is 2. The first-order valence-electron chi connectivity index (χ1n) is 11.7. The van der Waals surface area contributed by atoms with Crippen molar-refractivity contribution in [3.63, 3.8) is 0 Å². The van der Waals surface area contributed by atoms with Gasteiger partial charge in [-0.1, -0.05) is 55.3 Å². The van der Waals surface area contributed by atoms with Gasteiger partial charge >= 0.3 is 0 Å². The number of β-amino-alcohol motifs (C(OH)–C–C–N with tert-alkyl or cyclic N) is 1. The number of nitrogens with zero attached hydrogens (tertiary/aromatic N) is 2. The van der Waals surface area contributed by atoms with Gasteiger partial charge in [-0.2, -0.15) is 0 Å². The van der Waals surface area contributed by atoms with Crippen LogP contribution in [0.25, 0.3) is 0 Å². The van der Waals surface area contributed by atoms with Crippen LogP contribution in [0.4, 0.5) is 0 Å². The summed E-state index contributed by atoms with van der Waals surface area (Å²) in [6.45, 7) is 4.76. The van der Waals surface area contributed by atoms with E-state index in [9.17, 15) is 14.7 Å². The van der Waals surface area contributed by atoms with Crippen LogP contribution in [0, 0.1) is 6.92 Å². The van der Waals surface area contributed by atoms with Gasteiger partial charge < -0.3 is 19.8 Å². The number of nitrogens with one attached hydrogen (secondary N) is 1. The second-order valence-electron chi connectivity index (χ2n) is 8.72. The SMILES string of the molecule is CCC(CCCCCNC(=O)[C@@H]1C[C@@H](O)CN1C(=O)Cc1cc(C)no1)c1ccccc1. The average molecular weight is 442 g/mol. The van der Waals surface area contributed by atoms with Gasteiger partial charge in [0.2, 0.25) is 11.8 Å². The van der Waals surface area contributed by atoms with Gasteiger partial charge in [-0.05, 0) is 37.7 Å². The van der Waals surface area contributed by atoms with Crippen LogP contribution in [0.1, 0.15) is 68.4 Å². The molecule has 174 valence electrons. The molecule has 32 heavy (non-hydrogen) atoms. The molecule has 0 saturated carbocycles. The molecule has 1 aliphatic heterocycles. The number of carbonyl (C=O) groups is 2. The molecule has 1 aromatic carbocycles. The van der Waals surface area contributed by atoms with Crippen LogP contribution in [0.2, 0.25) is 0 Å². The maximum atomic E-state index is 12.7. The average Bonchev–Trinajstić information content (AvgIpc) is 3.38. The van der Waals surface area contributed by atoms with E-state index in [0.29, 0.717) is 23.9 Å². The molecule has 2 N–H and O–H groups in total. The molecular weight excluding hydrogens is 406 g/mol. The van der Waals surface area contributed by atoms with Crippen molar-refractivity contribution in [2.75, 3.05) is 13.1 Å². The first-order chi connectivity index (χ1) is 15.5. The highest BCUT2D eigenvalue weighted by molar-refractivity contribution is 5.89. The Hall–Kier alpha value is -2.67. The van der Waals surface area contributed by atoms with Gasteiger partial charge in [-0.25, -0.2) is 0 Å². The lowest BCUT2D eigenvalue weighted by molar-refractivity contribution is -0.138. The third-order valence-corrected chi connectivity index (χ3v) is 6.20. The molecule has 2 aromatic rings. The molecule has 3 atom stereocenters. The molecule has 0 bridgehead atoms. The van der Waals surface area contributed by atoms with E-state index in [1.54, 1.807) is 13.0 Å². The summed E-state index contributed by atoms with van der Waals surface area (Å²) in [5, 5.41) is 16.8. The highest BCUT2D eigenvalue weighted by Crippen LogP contribution is 2.25. The summed E-state index contributed by atoms with van der Waals surface area (Å²) in [7, 11) is 0. The van der Waals surface area contributed by atoms with Gasteiger partial charge in [0.1, 0.15) is 11.8 Å². The van der Waals surface area contributed by atoms with Crippen LogP contribution in [-0.4, -0.2) is 52.2 Å². The number of unbranched alkanes of at least 4 members (excludes halogenated alkanes) is 2. The molecule has 1 saturated heterocycles. The van der Waals surface area contributed by atoms with E-state index in [4.69, 9.17) is 4.52 Å². The largest absolute Gasteiger partial charge is 0.391 e. The number of aliphatic hydroxyl groups excluding tert-OH is 1.